The lowest BCUT2D eigenvalue weighted by Crippen LogP contribution is -2.43. The molecule has 124 valence electrons. The number of rotatable bonds is 2. The summed E-state index contributed by atoms with van der Waals surface area (Å²) >= 11 is 0. The fourth-order valence-corrected chi connectivity index (χ4v) is 2.87. The van der Waals surface area contributed by atoms with Crippen LogP contribution in [0.15, 0.2) is 30.5 Å². The topological polar surface area (TPSA) is 101 Å². The van der Waals surface area contributed by atoms with Gasteiger partial charge in [0.25, 0.3) is 0 Å². The van der Waals surface area contributed by atoms with Crippen LogP contribution in [0.2, 0.25) is 0 Å². The molecule has 0 bridgehead atoms. The van der Waals surface area contributed by atoms with Gasteiger partial charge in [0.05, 0.1) is 43.8 Å². The molecule has 2 aliphatic rings. The van der Waals surface area contributed by atoms with Crippen molar-refractivity contribution in [3.05, 3.63) is 41.7 Å². The predicted molar refractivity (Wildman–Crippen MR) is 83.4 cm³/mol. The molecule has 1 fully saturated rings. The fraction of sp³-hybridized carbons (Fsp3) is 0.333. The van der Waals surface area contributed by atoms with Gasteiger partial charge >= 0.3 is 12.1 Å². The van der Waals surface area contributed by atoms with Crippen LogP contribution in [0.3, 0.4) is 0 Å². The van der Waals surface area contributed by atoms with E-state index >= 15 is 0 Å². The summed E-state index contributed by atoms with van der Waals surface area (Å²) < 4.78 is 6.82. The molecule has 1 aromatic carbocycles. The number of carbonyl (C=O) groups excluding carboxylic acids is 2. The summed E-state index contributed by atoms with van der Waals surface area (Å²) in [6.45, 7) is 1.60. The number of urea groups is 1. The number of benzene rings is 1. The third kappa shape index (κ3) is 2.64. The van der Waals surface area contributed by atoms with E-state index in [9.17, 15) is 9.59 Å². The second-order valence-corrected chi connectivity index (χ2v) is 5.69. The summed E-state index contributed by atoms with van der Waals surface area (Å²) in [6, 6.07) is 7.45. The normalized spacial score (nSPS) is 18.9. The van der Waals surface area contributed by atoms with Gasteiger partial charge in [-0.1, -0.05) is 23.4 Å². The Morgan fingerprint density at radius 1 is 1.38 bits per heavy atom. The minimum atomic E-state index is -0.454. The molecule has 1 unspecified atom stereocenters. The number of nitrogens with one attached hydrogen (secondary N) is 2. The van der Waals surface area contributed by atoms with Crippen molar-refractivity contribution in [3.8, 4) is 0 Å². The average molecular weight is 328 g/mol. The number of alkyl carbamates (subject to hydrolysis) is 1. The first kappa shape index (κ1) is 14.5. The van der Waals surface area contributed by atoms with Crippen molar-refractivity contribution in [1.82, 2.24) is 25.6 Å². The van der Waals surface area contributed by atoms with Crippen molar-refractivity contribution in [2.45, 2.75) is 19.2 Å². The molecule has 0 aliphatic carbocycles. The Hall–Kier alpha value is -3.10. The second kappa shape index (κ2) is 5.84. The zero-order chi connectivity index (χ0) is 16.5. The maximum atomic E-state index is 12.7. The maximum absolute atomic E-state index is 12.7. The third-order valence-corrected chi connectivity index (χ3v) is 4.09. The van der Waals surface area contributed by atoms with E-state index in [4.69, 9.17) is 4.74 Å². The van der Waals surface area contributed by atoms with E-state index in [1.54, 1.807) is 15.8 Å². The molecule has 2 aliphatic heterocycles. The molecule has 2 N–H and O–H groups in total. The number of hydrogen-bond donors (Lipinski definition) is 2. The van der Waals surface area contributed by atoms with E-state index < -0.39 is 6.09 Å². The van der Waals surface area contributed by atoms with E-state index in [-0.39, 0.29) is 18.7 Å². The monoisotopic (exact) mass is 328 g/mol. The van der Waals surface area contributed by atoms with Crippen LogP contribution >= 0.6 is 0 Å². The van der Waals surface area contributed by atoms with Gasteiger partial charge in [-0.3, -0.25) is 4.90 Å². The van der Waals surface area contributed by atoms with Crippen molar-refractivity contribution in [2.24, 2.45) is 0 Å². The molecular weight excluding hydrogens is 312 g/mol. The van der Waals surface area contributed by atoms with E-state index in [1.165, 1.54) is 0 Å². The SMILES string of the molecule is O=C1NCC(CNC(=O)N2Cc3cnnn3Cc3ccccc32)O1. The maximum Gasteiger partial charge on any atom is 0.407 e. The van der Waals surface area contributed by atoms with Gasteiger partial charge < -0.3 is 15.4 Å². The number of carbonyl (C=O) groups is 2. The quantitative estimate of drug-likeness (QED) is 0.834. The highest BCUT2D eigenvalue weighted by Crippen LogP contribution is 2.26. The second-order valence-electron chi connectivity index (χ2n) is 5.69. The summed E-state index contributed by atoms with van der Waals surface area (Å²) in [4.78, 5) is 25.4. The molecule has 4 rings (SSSR count). The van der Waals surface area contributed by atoms with Crippen LogP contribution in [0, 0.1) is 0 Å². The van der Waals surface area contributed by atoms with Gasteiger partial charge in [-0.05, 0) is 11.6 Å². The van der Waals surface area contributed by atoms with Gasteiger partial charge in [-0.25, -0.2) is 14.3 Å². The molecule has 3 amide bonds. The number of fused-ring (bicyclic) bond motifs is 2. The molecule has 1 aromatic heterocycles. The first-order chi connectivity index (χ1) is 11.7. The number of cyclic esters (lactones) is 1. The number of amides is 3. The highest BCUT2D eigenvalue weighted by molar-refractivity contribution is 5.93. The number of hydrogen-bond acceptors (Lipinski definition) is 5. The molecular formula is C15H16N6O3. The summed E-state index contributed by atoms with van der Waals surface area (Å²) in [5.41, 5.74) is 2.68. The van der Waals surface area contributed by atoms with Gasteiger partial charge in [-0.15, -0.1) is 5.10 Å². The van der Waals surface area contributed by atoms with Gasteiger partial charge in [0.15, 0.2) is 0 Å². The molecule has 2 aromatic rings. The molecule has 1 saturated heterocycles. The molecule has 0 radical (unpaired) electrons. The largest absolute Gasteiger partial charge is 0.442 e. The number of ether oxygens (including phenoxy) is 1. The summed E-state index contributed by atoms with van der Waals surface area (Å²) in [5.74, 6) is 0. The minimum absolute atomic E-state index is 0.250. The van der Waals surface area contributed by atoms with Crippen LogP contribution in [0.4, 0.5) is 15.3 Å². The Morgan fingerprint density at radius 3 is 3.08 bits per heavy atom. The Morgan fingerprint density at radius 2 is 2.25 bits per heavy atom. The lowest BCUT2D eigenvalue weighted by Gasteiger charge is -2.23. The number of aromatic nitrogens is 3. The van der Waals surface area contributed by atoms with Crippen LogP contribution in [0.25, 0.3) is 0 Å². The first-order valence-electron chi connectivity index (χ1n) is 7.66. The van der Waals surface area contributed by atoms with Crippen LogP contribution in [0.1, 0.15) is 11.3 Å². The average Bonchev–Trinajstić information content (AvgIpc) is 3.17. The Kier molecular flexibility index (Phi) is 3.52. The predicted octanol–water partition coefficient (Wildman–Crippen LogP) is 0.464. The van der Waals surface area contributed by atoms with Crippen LogP contribution in [-0.4, -0.2) is 46.3 Å². The highest BCUT2D eigenvalue weighted by atomic mass is 16.6. The summed E-state index contributed by atoms with van der Waals surface area (Å²) in [5, 5.41) is 13.4. The smallest absolute Gasteiger partial charge is 0.407 e. The van der Waals surface area contributed by atoms with Crippen molar-refractivity contribution >= 4 is 17.8 Å². The molecule has 9 nitrogen and oxygen atoms in total. The number of nitrogens with zero attached hydrogens (tertiary/aromatic N) is 4. The van der Waals surface area contributed by atoms with Crippen LogP contribution < -0.4 is 15.5 Å². The Balaban J connectivity index is 1.54. The number of anilines is 1. The molecule has 1 atom stereocenters. The summed E-state index contributed by atoms with van der Waals surface area (Å²) in [6.07, 6.45) is 0.856. The fourth-order valence-electron chi connectivity index (χ4n) is 2.87. The van der Waals surface area contributed by atoms with Crippen molar-refractivity contribution in [1.29, 1.82) is 0 Å². The lowest BCUT2D eigenvalue weighted by atomic mass is 10.1. The molecule has 24 heavy (non-hydrogen) atoms. The van der Waals surface area contributed by atoms with Crippen molar-refractivity contribution < 1.29 is 14.3 Å². The van der Waals surface area contributed by atoms with Crippen LogP contribution in [0.5, 0.6) is 0 Å². The highest BCUT2D eigenvalue weighted by Gasteiger charge is 2.27. The molecule has 3 heterocycles. The standard InChI is InChI=1S/C15H16N6O3/c22-14(16-6-12-7-17-15(23)24-12)20-9-11-5-18-19-21(11)8-10-3-1-2-4-13(10)20/h1-5,12H,6-9H2,(H,16,22)(H,17,23). The molecule has 0 spiro atoms. The minimum Gasteiger partial charge on any atom is -0.442 e. The van der Waals surface area contributed by atoms with Gasteiger partial charge in [-0.2, -0.15) is 0 Å². The molecule has 9 heteroatoms. The Bertz CT molecular complexity index is 789. The lowest BCUT2D eigenvalue weighted by molar-refractivity contribution is 0.139. The third-order valence-electron chi connectivity index (χ3n) is 4.09. The van der Waals surface area contributed by atoms with Crippen LogP contribution in [-0.2, 0) is 17.8 Å². The van der Waals surface area contributed by atoms with Gasteiger partial charge in [0.2, 0.25) is 0 Å². The van der Waals surface area contributed by atoms with E-state index in [0.717, 1.165) is 16.9 Å². The van der Waals surface area contributed by atoms with Crippen molar-refractivity contribution in [3.63, 3.8) is 0 Å². The van der Waals surface area contributed by atoms with E-state index in [1.807, 2.05) is 24.3 Å². The number of para-hydroxylation sites is 1. The zero-order valence-electron chi connectivity index (χ0n) is 12.8. The van der Waals surface area contributed by atoms with Gasteiger partial charge in [0, 0.05) is 0 Å². The summed E-state index contributed by atoms with van der Waals surface area (Å²) in [7, 11) is 0. The van der Waals surface area contributed by atoms with Gasteiger partial charge in [0.1, 0.15) is 6.10 Å². The zero-order valence-corrected chi connectivity index (χ0v) is 12.8. The first-order valence-corrected chi connectivity index (χ1v) is 7.66. The Labute approximate surface area is 137 Å². The van der Waals surface area contributed by atoms with E-state index in [2.05, 4.69) is 20.9 Å². The van der Waals surface area contributed by atoms with E-state index in [0.29, 0.717) is 19.6 Å². The molecule has 0 saturated carbocycles. The van der Waals surface area contributed by atoms with Crippen molar-refractivity contribution in [2.75, 3.05) is 18.0 Å².